The lowest BCUT2D eigenvalue weighted by atomic mass is 9.98. The number of carbonyl (C=O) groups is 1. The average Bonchev–Trinajstić information content (AvgIpc) is 2.86. The summed E-state index contributed by atoms with van der Waals surface area (Å²) < 4.78 is 13.3. The maximum absolute atomic E-state index is 13.3. The van der Waals surface area contributed by atoms with E-state index in [4.69, 9.17) is 0 Å². The first-order valence-corrected chi connectivity index (χ1v) is 8.35. The smallest absolute Gasteiger partial charge is 0.253 e. The normalized spacial score (nSPS) is 18.5. The summed E-state index contributed by atoms with van der Waals surface area (Å²) >= 11 is 1.72. The predicted molar refractivity (Wildman–Crippen MR) is 85.9 cm³/mol. The fraction of sp³-hybridized carbons (Fsp3) is 0.412. The van der Waals surface area contributed by atoms with Gasteiger partial charge in [0.15, 0.2) is 0 Å². The zero-order chi connectivity index (χ0) is 15.7. The van der Waals surface area contributed by atoms with Crippen molar-refractivity contribution in [2.75, 3.05) is 13.1 Å². The van der Waals surface area contributed by atoms with E-state index in [1.54, 1.807) is 23.5 Å². The number of rotatable bonds is 2. The van der Waals surface area contributed by atoms with E-state index < -0.39 is 0 Å². The second-order valence-corrected chi connectivity index (χ2v) is 7.03. The Morgan fingerprint density at radius 3 is 2.91 bits per heavy atom. The van der Waals surface area contributed by atoms with Gasteiger partial charge in [-0.25, -0.2) is 9.37 Å². The van der Waals surface area contributed by atoms with Crippen molar-refractivity contribution in [1.29, 1.82) is 0 Å². The minimum absolute atomic E-state index is 0.0887. The van der Waals surface area contributed by atoms with Crippen LogP contribution in [0.1, 0.15) is 44.7 Å². The Hall–Kier alpha value is -1.75. The maximum atomic E-state index is 13.3. The molecule has 1 fully saturated rings. The van der Waals surface area contributed by atoms with Crippen LogP contribution in [0.3, 0.4) is 0 Å². The van der Waals surface area contributed by atoms with Crippen LogP contribution in [0.2, 0.25) is 0 Å². The molecule has 0 N–H and O–H groups in total. The zero-order valence-electron chi connectivity index (χ0n) is 12.8. The Kier molecular flexibility index (Phi) is 4.25. The van der Waals surface area contributed by atoms with Crippen molar-refractivity contribution in [3.8, 4) is 0 Å². The Morgan fingerprint density at radius 2 is 2.23 bits per heavy atom. The predicted octanol–water partition coefficient (Wildman–Crippen LogP) is 3.92. The minimum atomic E-state index is -0.370. The number of hydrogen-bond acceptors (Lipinski definition) is 3. The van der Waals surface area contributed by atoms with Crippen molar-refractivity contribution in [2.45, 2.75) is 32.6 Å². The summed E-state index contributed by atoms with van der Waals surface area (Å²) in [4.78, 5) is 20.2. The largest absolute Gasteiger partial charge is 0.338 e. The molecule has 1 amide bonds. The second-order valence-electron chi connectivity index (χ2n) is 5.79. The number of thiazole rings is 1. The molecule has 116 valence electrons. The molecule has 2 aromatic rings. The summed E-state index contributed by atoms with van der Waals surface area (Å²) in [6, 6.07) is 5.92. The van der Waals surface area contributed by atoms with E-state index in [0.29, 0.717) is 18.0 Å². The molecule has 1 aromatic heterocycles. The number of hydrogen-bond donors (Lipinski definition) is 0. The van der Waals surface area contributed by atoms with Crippen LogP contribution in [0.25, 0.3) is 0 Å². The Morgan fingerprint density at radius 1 is 1.41 bits per heavy atom. The third-order valence-corrected chi connectivity index (χ3v) is 5.41. The average molecular weight is 318 g/mol. The number of aryl methyl sites for hydroxylation is 2. The van der Waals surface area contributed by atoms with Gasteiger partial charge in [0.05, 0.1) is 10.7 Å². The highest BCUT2D eigenvalue weighted by atomic mass is 32.1. The first kappa shape index (κ1) is 15.2. The Bertz CT molecular complexity index is 678. The summed E-state index contributed by atoms with van der Waals surface area (Å²) in [5, 5.41) is 1.12. The Balaban J connectivity index is 1.76. The molecule has 1 aliphatic rings. The van der Waals surface area contributed by atoms with E-state index in [2.05, 4.69) is 11.9 Å². The number of benzene rings is 1. The topological polar surface area (TPSA) is 33.2 Å². The van der Waals surface area contributed by atoms with Crippen molar-refractivity contribution in [2.24, 2.45) is 0 Å². The van der Waals surface area contributed by atoms with Gasteiger partial charge in [-0.3, -0.25) is 4.79 Å². The summed E-state index contributed by atoms with van der Waals surface area (Å²) in [6.45, 7) is 5.50. The van der Waals surface area contributed by atoms with Gasteiger partial charge in [-0.15, -0.1) is 11.3 Å². The van der Waals surface area contributed by atoms with Gasteiger partial charge in [0.2, 0.25) is 0 Å². The monoisotopic (exact) mass is 318 g/mol. The van der Waals surface area contributed by atoms with Crippen molar-refractivity contribution >= 4 is 17.2 Å². The van der Waals surface area contributed by atoms with Gasteiger partial charge >= 0.3 is 0 Å². The number of halogens is 1. The molecule has 5 heteroatoms. The number of nitrogens with zero attached hydrogens (tertiary/aromatic N) is 2. The molecule has 1 saturated heterocycles. The van der Waals surface area contributed by atoms with E-state index in [-0.39, 0.29) is 11.7 Å². The molecule has 0 spiro atoms. The summed E-state index contributed by atoms with van der Waals surface area (Å²) in [6.07, 6.45) is 2.02. The molecule has 3 nitrogen and oxygen atoms in total. The number of piperidine rings is 1. The highest BCUT2D eigenvalue weighted by molar-refractivity contribution is 7.11. The molecule has 0 aliphatic carbocycles. The molecule has 0 radical (unpaired) electrons. The van der Waals surface area contributed by atoms with E-state index >= 15 is 0 Å². The van der Waals surface area contributed by atoms with Crippen molar-refractivity contribution in [3.63, 3.8) is 0 Å². The first-order chi connectivity index (χ1) is 10.5. The van der Waals surface area contributed by atoms with Crippen LogP contribution in [-0.4, -0.2) is 28.9 Å². The lowest BCUT2D eigenvalue weighted by molar-refractivity contribution is 0.0706. The van der Waals surface area contributed by atoms with Gasteiger partial charge in [-0.05, 0) is 44.9 Å². The fourth-order valence-corrected chi connectivity index (χ4v) is 3.89. The van der Waals surface area contributed by atoms with E-state index in [0.717, 1.165) is 30.1 Å². The minimum Gasteiger partial charge on any atom is -0.338 e. The van der Waals surface area contributed by atoms with Gasteiger partial charge in [0.1, 0.15) is 5.82 Å². The lowest BCUT2D eigenvalue weighted by Crippen LogP contribution is -2.39. The van der Waals surface area contributed by atoms with Crippen LogP contribution in [0.15, 0.2) is 24.3 Å². The summed E-state index contributed by atoms with van der Waals surface area (Å²) in [5.41, 5.74) is 1.50. The summed E-state index contributed by atoms with van der Waals surface area (Å²) in [7, 11) is 0. The lowest BCUT2D eigenvalue weighted by Gasteiger charge is -2.32. The number of amides is 1. The molecular formula is C17H19FN2OS. The van der Waals surface area contributed by atoms with Crippen LogP contribution in [0.5, 0.6) is 0 Å². The molecule has 1 atom stereocenters. The third-order valence-electron chi connectivity index (χ3n) is 4.17. The van der Waals surface area contributed by atoms with Gasteiger partial charge in [0.25, 0.3) is 5.91 Å². The maximum Gasteiger partial charge on any atom is 0.253 e. The SMILES string of the molecule is Cc1nc([C@H]2CCCN(C(=O)c3cccc(F)c3)C2)sc1C. The van der Waals surface area contributed by atoms with Gasteiger partial charge in [-0.1, -0.05) is 6.07 Å². The summed E-state index contributed by atoms with van der Waals surface area (Å²) in [5.74, 6) is -0.163. The molecule has 3 rings (SSSR count). The molecule has 0 saturated carbocycles. The van der Waals surface area contributed by atoms with Crippen molar-refractivity contribution < 1.29 is 9.18 Å². The van der Waals surface area contributed by atoms with Crippen LogP contribution in [0.4, 0.5) is 4.39 Å². The standard InChI is InChI=1S/C17H19FN2OS/c1-11-12(2)22-16(19-11)14-6-4-8-20(10-14)17(21)13-5-3-7-15(18)9-13/h3,5,7,9,14H,4,6,8,10H2,1-2H3/t14-/m0/s1. The highest BCUT2D eigenvalue weighted by Crippen LogP contribution is 2.31. The van der Waals surface area contributed by atoms with Crippen LogP contribution >= 0.6 is 11.3 Å². The molecule has 22 heavy (non-hydrogen) atoms. The molecule has 2 heterocycles. The molecule has 1 aromatic carbocycles. The number of likely N-dealkylation sites (tertiary alicyclic amines) is 1. The van der Waals surface area contributed by atoms with Gasteiger partial charge in [0, 0.05) is 29.4 Å². The number of carbonyl (C=O) groups excluding carboxylic acids is 1. The van der Waals surface area contributed by atoms with Crippen LogP contribution in [-0.2, 0) is 0 Å². The van der Waals surface area contributed by atoms with Gasteiger partial charge < -0.3 is 4.90 Å². The fourth-order valence-electron chi connectivity index (χ4n) is 2.84. The van der Waals surface area contributed by atoms with Crippen LogP contribution in [0, 0.1) is 19.7 Å². The van der Waals surface area contributed by atoms with Gasteiger partial charge in [-0.2, -0.15) is 0 Å². The molecule has 0 unspecified atom stereocenters. The second kappa shape index (κ2) is 6.16. The van der Waals surface area contributed by atoms with E-state index in [9.17, 15) is 9.18 Å². The number of aromatic nitrogens is 1. The highest BCUT2D eigenvalue weighted by Gasteiger charge is 2.27. The van der Waals surface area contributed by atoms with Crippen molar-refractivity contribution in [1.82, 2.24) is 9.88 Å². The molecular weight excluding hydrogens is 299 g/mol. The first-order valence-electron chi connectivity index (χ1n) is 7.53. The van der Waals surface area contributed by atoms with E-state index in [1.165, 1.54) is 17.0 Å². The third kappa shape index (κ3) is 3.04. The van der Waals surface area contributed by atoms with E-state index in [1.807, 2.05) is 11.8 Å². The Labute approximate surface area is 133 Å². The van der Waals surface area contributed by atoms with Crippen LogP contribution < -0.4 is 0 Å². The quantitative estimate of drug-likeness (QED) is 0.841. The zero-order valence-corrected chi connectivity index (χ0v) is 13.6. The molecule has 1 aliphatic heterocycles. The molecule has 0 bridgehead atoms. The van der Waals surface area contributed by atoms with Crippen molar-refractivity contribution in [3.05, 3.63) is 51.2 Å².